The molecule has 20 heavy (non-hydrogen) atoms. The van der Waals surface area contributed by atoms with Gasteiger partial charge in [0.25, 0.3) is 0 Å². The molecule has 104 valence electrons. The number of hydrogen-bond donors (Lipinski definition) is 2. The predicted molar refractivity (Wildman–Crippen MR) is 89.4 cm³/mol. The molecule has 1 atom stereocenters. The molecule has 0 radical (unpaired) electrons. The van der Waals surface area contributed by atoms with E-state index in [0.29, 0.717) is 0 Å². The largest absolute Gasteiger partial charge is 0.398 e. The van der Waals surface area contributed by atoms with Crippen LogP contribution in [0.5, 0.6) is 0 Å². The van der Waals surface area contributed by atoms with Crippen molar-refractivity contribution < 1.29 is 0 Å². The number of aryl methyl sites for hydroxylation is 1. The monoisotopic (exact) mass is 306 g/mol. The molecule has 0 saturated carbocycles. The Hall–Kier alpha value is -1.52. The maximum Gasteiger partial charge on any atom is 0.206 e. The lowest BCUT2D eigenvalue weighted by atomic mass is 10.1. The summed E-state index contributed by atoms with van der Waals surface area (Å²) in [4.78, 5) is 4.26. The van der Waals surface area contributed by atoms with E-state index in [1.165, 1.54) is 0 Å². The van der Waals surface area contributed by atoms with E-state index in [4.69, 9.17) is 16.4 Å². The van der Waals surface area contributed by atoms with Crippen molar-refractivity contribution in [1.29, 1.82) is 0 Å². The molecule has 3 N–H and O–H groups in total. The lowest BCUT2D eigenvalue weighted by Gasteiger charge is -2.20. The van der Waals surface area contributed by atoms with Gasteiger partial charge in [0.2, 0.25) is 9.79 Å². The van der Waals surface area contributed by atoms with Crippen molar-refractivity contribution in [1.82, 2.24) is 0 Å². The second-order valence-electron chi connectivity index (χ2n) is 5.16. The van der Waals surface area contributed by atoms with E-state index in [9.17, 15) is 0 Å². The van der Waals surface area contributed by atoms with Gasteiger partial charge < -0.3 is 16.0 Å². The van der Waals surface area contributed by atoms with Gasteiger partial charge in [0.15, 0.2) is 20.8 Å². The Morgan fingerprint density at radius 1 is 1.10 bits per heavy atom. The molecule has 0 aromatic heterocycles. The molecule has 0 saturated heterocycles. The summed E-state index contributed by atoms with van der Waals surface area (Å²) in [6.45, 7) is 2.01. The number of fused-ring (bicyclic) bond motifs is 2. The van der Waals surface area contributed by atoms with Crippen LogP contribution >= 0.6 is 10.7 Å². The zero-order valence-corrected chi connectivity index (χ0v) is 13.3. The van der Waals surface area contributed by atoms with Crippen molar-refractivity contribution in [3.8, 4) is 0 Å². The molecule has 0 spiro atoms. The first-order valence-corrected chi connectivity index (χ1v) is 8.41. The summed E-state index contributed by atoms with van der Waals surface area (Å²) in [6.07, 6.45) is 0. The first-order chi connectivity index (χ1) is 9.47. The summed E-state index contributed by atoms with van der Waals surface area (Å²) in [5.41, 5.74) is 11.1. The second-order valence-corrected chi connectivity index (χ2v) is 7.48. The van der Waals surface area contributed by atoms with Crippen molar-refractivity contribution in [2.24, 2.45) is 0 Å². The molecule has 1 aliphatic heterocycles. The third-order valence-corrected chi connectivity index (χ3v) is 5.95. The maximum absolute atomic E-state index is 6.69. The Labute approximate surface area is 126 Å². The molecule has 1 aliphatic rings. The normalized spacial score (nSPS) is 16.1. The van der Waals surface area contributed by atoms with Crippen molar-refractivity contribution in [3.05, 3.63) is 35.9 Å². The van der Waals surface area contributed by atoms with E-state index in [-0.39, 0.29) is 0 Å². The molecule has 1 heterocycles. The highest BCUT2D eigenvalue weighted by Crippen LogP contribution is 2.45. The third kappa shape index (κ3) is 2.09. The van der Waals surface area contributed by atoms with Gasteiger partial charge >= 0.3 is 0 Å². The number of rotatable bonds is 1. The highest BCUT2D eigenvalue weighted by molar-refractivity contribution is 8.18. The Balaban J connectivity index is 2.12. The summed E-state index contributed by atoms with van der Waals surface area (Å²) in [5.74, 6) is 0. The summed E-state index contributed by atoms with van der Waals surface area (Å²) in [6, 6.07) is 10.4. The van der Waals surface area contributed by atoms with Crippen LogP contribution in [0.25, 0.3) is 0 Å². The number of halogens is 1. The van der Waals surface area contributed by atoms with Crippen LogP contribution in [0, 0.1) is 6.92 Å². The standard InChI is InChI=1S/C15H17ClN3S/c1-9-6-13-15(8-11(9)17)20(16)14-7-10(19(2)3)4-5-12(14)18-13/h4-8,18H,17H2,1-3H3/q+1. The topological polar surface area (TPSA) is 41.3 Å². The third-order valence-electron chi connectivity index (χ3n) is 3.51. The number of nitrogen functional groups attached to an aromatic ring is 1. The van der Waals surface area contributed by atoms with Gasteiger partial charge in [0.1, 0.15) is 0 Å². The van der Waals surface area contributed by atoms with Crippen molar-refractivity contribution in [2.45, 2.75) is 16.7 Å². The lowest BCUT2D eigenvalue weighted by molar-refractivity contribution is 1.12. The second kappa shape index (κ2) is 4.79. The van der Waals surface area contributed by atoms with E-state index < -0.39 is 10.1 Å². The van der Waals surface area contributed by atoms with Gasteiger partial charge in [-0.2, -0.15) is 0 Å². The summed E-state index contributed by atoms with van der Waals surface area (Å²) in [7, 11) is 10.3. The van der Waals surface area contributed by atoms with Crippen LogP contribution < -0.4 is 16.0 Å². The fourth-order valence-corrected chi connectivity index (χ4v) is 4.33. The minimum atomic E-state index is -0.482. The Bertz CT molecular complexity index is 685. The molecule has 0 aliphatic carbocycles. The minimum absolute atomic E-state index is 0.482. The SMILES string of the molecule is Cc1cc2c(cc1N)[S+](Cl)c1cc(N(C)C)ccc1N2. The molecule has 3 nitrogen and oxygen atoms in total. The van der Waals surface area contributed by atoms with E-state index in [2.05, 4.69) is 34.5 Å². The van der Waals surface area contributed by atoms with Gasteiger partial charge in [-0.1, -0.05) is 0 Å². The van der Waals surface area contributed by atoms with Crippen LogP contribution in [0.4, 0.5) is 22.7 Å². The highest BCUT2D eigenvalue weighted by Gasteiger charge is 2.36. The smallest absolute Gasteiger partial charge is 0.206 e. The quantitative estimate of drug-likeness (QED) is 0.620. The van der Waals surface area contributed by atoms with Crippen molar-refractivity contribution >= 4 is 43.5 Å². The van der Waals surface area contributed by atoms with Gasteiger partial charge in [-0.3, -0.25) is 0 Å². The van der Waals surface area contributed by atoms with Gasteiger partial charge in [-0.05, 0) is 30.7 Å². The van der Waals surface area contributed by atoms with Gasteiger partial charge in [0, 0.05) is 37.6 Å². The zero-order valence-electron chi connectivity index (χ0n) is 11.7. The Kier molecular flexibility index (Phi) is 3.22. The molecule has 1 unspecified atom stereocenters. The fraction of sp³-hybridized carbons (Fsp3) is 0.200. The molecule has 0 bridgehead atoms. The van der Waals surface area contributed by atoms with E-state index >= 15 is 0 Å². The zero-order chi connectivity index (χ0) is 14.4. The molecule has 5 heteroatoms. The lowest BCUT2D eigenvalue weighted by Crippen LogP contribution is -2.14. The summed E-state index contributed by atoms with van der Waals surface area (Å²) >= 11 is 0. The molecular weight excluding hydrogens is 290 g/mol. The number of hydrogen-bond acceptors (Lipinski definition) is 3. The number of nitrogens with one attached hydrogen (secondary N) is 1. The van der Waals surface area contributed by atoms with Crippen molar-refractivity contribution in [2.75, 3.05) is 30.0 Å². The minimum Gasteiger partial charge on any atom is -0.398 e. The van der Waals surface area contributed by atoms with Gasteiger partial charge in [-0.15, -0.1) is 0 Å². The molecule has 2 aromatic carbocycles. The molecule has 2 aromatic rings. The Morgan fingerprint density at radius 2 is 1.80 bits per heavy atom. The number of benzene rings is 2. The van der Waals surface area contributed by atoms with Crippen molar-refractivity contribution in [3.63, 3.8) is 0 Å². The van der Waals surface area contributed by atoms with Gasteiger partial charge in [0.05, 0.1) is 11.4 Å². The molecular formula is C15H17ClN3S+. The number of nitrogens with two attached hydrogens (primary N) is 1. The van der Waals surface area contributed by atoms with Crippen LogP contribution in [0.1, 0.15) is 5.56 Å². The van der Waals surface area contributed by atoms with E-state index in [1.807, 2.05) is 27.1 Å². The number of nitrogens with zero attached hydrogens (tertiary/aromatic N) is 1. The van der Waals surface area contributed by atoms with E-state index in [0.717, 1.165) is 38.1 Å². The van der Waals surface area contributed by atoms with Crippen LogP contribution in [-0.4, -0.2) is 14.1 Å². The highest BCUT2D eigenvalue weighted by atomic mass is 35.7. The fourth-order valence-electron chi connectivity index (χ4n) is 2.25. The number of anilines is 4. The molecule has 3 rings (SSSR count). The first kappa shape index (κ1) is 13.5. The van der Waals surface area contributed by atoms with Crippen LogP contribution in [0.3, 0.4) is 0 Å². The Morgan fingerprint density at radius 3 is 2.50 bits per heavy atom. The average Bonchev–Trinajstić information content (AvgIpc) is 2.41. The maximum atomic E-state index is 6.69. The summed E-state index contributed by atoms with van der Waals surface area (Å²) < 4.78 is 0. The molecule has 0 amide bonds. The van der Waals surface area contributed by atoms with E-state index in [1.54, 1.807) is 0 Å². The van der Waals surface area contributed by atoms with Crippen LogP contribution in [0.2, 0.25) is 0 Å². The predicted octanol–water partition coefficient (Wildman–Crippen LogP) is 3.89. The van der Waals surface area contributed by atoms with Crippen LogP contribution in [-0.2, 0) is 10.1 Å². The average molecular weight is 307 g/mol. The summed E-state index contributed by atoms with van der Waals surface area (Å²) in [5, 5.41) is 3.45. The first-order valence-electron chi connectivity index (χ1n) is 6.36. The van der Waals surface area contributed by atoms with Gasteiger partial charge in [-0.25, -0.2) is 0 Å². The molecule has 0 fully saturated rings. The van der Waals surface area contributed by atoms with Crippen LogP contribution in [0.15, 0.2) is 40.1 Å².